The van der Waals surface area contributed by atoms with E-state index in [-0.39, 0.29) is 6.42 Å². The molecule has 16 heavy (non-hydrogen) atoms. The molecule has 1 atom stereocenters. The van der Waals surface area contributed by atoms with Crippen LogP contribution in [-0.4, -0.2) is 29.1 Å². The number of aromatic nitrogens is 1. The van der Waals surface area contributed by atoms with Gasteiger partial charge in [-0.3, -0.25) is 14.6 Å². The summed E-state index contributed by atoms with van der Waals surface area (Å²) >= 11 is 3.22. The van der Waals surface area contributed by atoms with E-state index < -0.39 is 17.9 Å². The fourth-order valence-corrected chi connectivity index (χ4v) is 1.63. The van der Waals surface area contributed by atoms with Gasteiger partial charge in [-0.15, -0.1) is 0 Å². The van der Waals surface area contributed by atoms with Gasteiger partial charge in [0, 0.05) is 16.9 Å². The average Bonchev–Trinajstić information content (AvgIpc) is 2.24. The van der Waals surface area contributed by atoms with E-state index in [1.54, 1.807) is 12.3 Å². The van der Waals surface area contributed by atoms with Crippen molar-refractivity contribution in [3.05, 3.63) is 28.5 Å². The zero-order valence-corrected chi connectivity index (χ0v) is 10.1. The summed E-state index contributed by atoms with van der Waals surface area (Å²) in [7, 11) is 1.16. The van der Waals surface area contributed by atoms with Crippen molar-refractivity contribution in [3.63, 3.8) is 0 Å². The lowest BCUT2D eigenvalue weighted by Gasteiger charge is -2.09. The van der Waals surface area contributed by atoms with Crippen molar-refractivity contribution in [2.45, 2.75) is 6.42 Å². The molecule has 0 aliphatic carbocycles. The number of carbonyl (C=O) groups is 2. The molecule has 0 saturated carbocycles. The number of halogens is 1. The van der Waals surface area contributed by atoms with E-state index in [1.165, 1.54) is 6.20 Å². The van der Waals surface area contributed by atoms with Crippen LogP contribution in [0.3, 0.4) is 0 Å². The molecule has 0 radical (unpaired) electrons. The Bertz CT molecular complexity index is 408. The van der Waals surface area contributed by atoms with Gasteiger partial charge in [0.15, 0.2) is 5.92 Å². The lowest BCUT2D eigenvalue weighted by atomic mass is 10.0. The smallest absolute Gasteiger partial charge is 0.320 e. The molecular formula is C10H10BrNO4. The summed E-state index contributed by atoms with van der Waals surface area (Å²) in [6.45, 7) is 0. The van der Waals surface area contributed by atoms with Crippen molar-refractivity contribution in [1.29, 1.82) is 0 Å². The minimum Gasteiger partial charge on any atom is -0.481 e. The van der Waals surface area contributed by atoms with Crippen LogP contribution < -0.4 is 0 Å². The summed E-state index contributed by atoms with van der Waals surface area (Å²) in [6, 6.07) is 1.71. The number of aliphatic carboxylic acids is 1. The molecule has 1 rings (SSSR count). The minimum absolute atomic E-state index is 0.0639. The second kappa shape index (κ2) is 5.60. The number of carboxylic acids is 1. The van der Waals surface area contributed by atoms with Gasteiger partial charge in [-0.05, 0) is 34.0 Å². The fourth-order valence-electron chi connectivity index (χ4n) is 1.22. The van der Waals surface area contributed by atoms with E-state index in [0.29, 0.717) is 5.56 Å². The second-order valence-electron chi connectivity index (χ2n) is 3.13. The van der Waals surface area contributed by atoms with E-state index in [1.807, 2.05) is 0 Å². The van der Waals surface area contributed by atoms with E-state index >= 15 is 0 Å². The number of carboxylic acid groups (broad SMARTS) is 1. The van der Waals surface area contributed by atoms with Gasteiger partial charge in [-0.2, -0.15) is 0 Å². The van der Waals surface area contributed by atoms with Gasteiger partial charge in [0.05, 0.1) is 7.11 Å². The van der Waals surface area contributed by atoms with Gasteiger partial charge in [0.25, 0.3) is 0 Å². The molecular weight excluding hydrogens is 278 g/mol. The minimum atomic E-state index is -1.20. The maximum atomic E-state index is 11.2. The highest BCUT2D eigenvalue weighted by Crippen LogP contribution is 2.14. The van der Waals surface area contributed by atoms with Gasteiger partial charge in [-0.25, -0.2) is 0 Å². The summed E-state index contributed by atoms with van der Waals surface area (Å²) in [5.74, 6) is -3.15. The van der Waals surface area contributed by atoms with Crippen molar-refractivity contribution < 1.29 is 19.4 Å². The molecule has 0 aliphatic rings. The highest BCUT2D eigenvalue weighted by atomic mass is 79.9. The maximum absolute atomic E-state index is 11.2. The topological polar surface area (TPSA) is 76.5 Å². The Morgan fingerprint density at radius 3 is 2.75 bits per heavy atom. The molecule has 1 heterocycles. The van der Waals surface area contributed by atoms with Gasteiger partial charge < -0.3 is 9.84 Å². The van der Waals surface area contributed by atoms with Crippen LogP contribution in [0.25, 0.3) is 0 Å². The summed E-state index contributed by atoms with van der Waals surface area (Å²) in [5, 5.41) is 8.87. The molecule has 0 amide bonds. The van der Waals surface area contributed by atoms with Crippen LogP contribution in [-0.2, 0) is 20.7 Å². The summed E-state index contributed by atoms with van der Waals surface area (Å²) in [5.41, 5.74) is 0.659. The summed E-state index contributed by atoms with van der Waals surface area (Å²) in [4.78, 5) is 26.0. The highest BCUT2D eigenvalue weighted by Gasteiger charge is 2.27. The number of hydrogen-bond donors (Lipinski definition) is 1. The third-order valence-electron chi connectivity index (χ3n) is 1.99. The predicted molar refractivity (Wildman–Crippen MR) is 58.8 cm³/mol. The molecule has 1 N–H and O–H groups in total. The quantitative estimate of drug-likeness (QED) is 0.666. The van der Waals surface area contributed by atoms with Crippen LogP contribution in [0, 0.1) is 5.92 Å². The molecule has 86 valence electrons. The normalized spacial score (nSPS) is 11.9. The van der Waals surface area contributed by atoms with E-state index in [2.05, 4.69) is 25.7 Å². The van der Waals surface area contributed by atoms with Crippen LogP contribution >= 0.6 is 15.9 Å². The second-order valence-corrected chi connectivity index (χ2v) is 4.05. The number of ether oxygens (including phenoxy) is 1. The number of rotatable bonds is 4. The third-order valence-corrected chi connectivity index (χ3v) is 2.42. The van der Waals surface area contributed by atoms with Crippen LogP contribution in [0.2, 0.25) is 0 Å². The molecule has 1 unspecified atom stereocenters. The van der Waals surface area contributed by atoms with E-state index in [4.69, 9.17) is 5.11 Å². The number of nitrogens with zero attached hydrogens (tertiary/aromatic N) is 1. The Morgan fingerprint density at radius 1 is 1.56 bits per heavy atom. The van der Waals surface area contributed by atoms with Crippen molar-refractivity contribution in [1.82, 2.24) is 4.98 Å². The molecule has 0 spiro atoms. The lowest BCUT2D eigenvalue weighted by Crippen LogP contribution is -2.27. The molecule has 0 aliphatic heterocycles. The largest absolute Gasteiger partial charge is 0.481 e. The SMILES string of the molecule is COC(=O)C(Cc1cncc(Br)c1)C(=O)O. The van der Waals surface area contributed by atoms with Gasteiger partial charge >= 0.3 is 11.9 Å². The zero-order chi connectivity index (χ0) is 12.1. The molecule has 5 nitrogen and oxygen atoms in total. The molecule has 6 heteroatoms. The van der Waals surface area contributed by atoms with Crippen LogP contribution in [0.15, 0.2) is 22.9 Å². The number of esters is 1. The number of carbonyl (C=O) groups excluding carboxylic acids is 1. The monoisotopic (exact) mass is 287 g/mol. The van der Waals surface area contributed by atoms with Crippen LogP contribution in [0.1, 0.15) is 5.56 Å². The van der Waals surface area contributed by atoms with E-state index in [0.717, 1.165) is 11.6 Å². The summed E-state index contributed by atoms with van der Waals surface area (Å²) in [6.07, 6.45) is 3.16. The van der Waals surface area contributed by atoms with Gasteiger partial charge in [0.1, 0.15) is 0 Å². The molecule has 0 bridgehead atoms. The van der Waals surface area contributed by atoms with Crippen LogP contribution in [0.5, 0.6) is 0 Å². The average molecular weight is 288 g/mol. The molecule has 1 aromatic heterocycles. The van der Waals surface area contributed by atoms with Crippen molar-refractivity contribution in [2.24, 2.45) is 5.92 Å². The van der Waals surface area contributed by atoms with Gasteiger partial charge in [-0.1, -0.05) is 0 Å². The fraction of sp³-hybridized carbons (Fsp3) is 0.300. The first-order valence-electron chi connectivity index (χ1n) is 4.44. The molecule has 0 aromatic carbocycles. The van der Waals surface area contributed by atoms with Crippen LogP contribution in [0.4, 0.5) is 0 Å². The number of hydrogen-bond acceptors (Lipinski definition) is 4. The van der Waals surface area contributed by atoms with Crippen molar-refractivity contribution in [3.8, 4) is 0 Å². The predicted octanol–water partition coefficient (Wildman–Crippen LogP) is 1.26. The molecule has 0 fully saturated rings. The first-order chi connectivity index (χ1) is 7.54. The first kappa shape index (κ1) is 12.6. The Hall–Kier alpha value is -1.43. The Kier molecular flexibility index (Phi) is 4.42. The van der Waals surface area contributed by atoms with Crippen molar-refractivity contribution in [2.75, 3.05) is 7.11 Å². The standard InChI is InChI=1S/C10H10BrNO4/c1-16-10(15)8(9(13)14)3-6-2-7(11)5-12-4-6/h2,4-5,8H,3H2,1H3,(H,13,14). The Labute approximate surface area is 101 Å². The lowest BCUT2D eigenvalue weighted by molar-refractivity contribution is -0.156. The Morgan fingerprint density at radius 2 is 2.25 bits per heavy atom. The summed E-state index contributed by atoms with van der Waals surface area (Å²) < 4.78 is 5.16. The third kappa shape index (κ3) is 3.30. The molecule has 0 saturated heterocycles. The van der Waals surface area contributed by atoms with Gasteiger partial charge in [0.2, 0.25) is 0 Å². The van der Waals surface area contributed by atoms with Crippen molar-refractivity contribution >= 4 is 27.9 Å². The zero-order valence-electron chi connectivity index (χ0n) is 8.51. The Balaban J connectivity index is 2.84. The first-order valence-corrected chi connectivity index (χ1v) is 5.24. The highest BCUT2D eigenvalue weighted by molar-refractivity contribution is 9.10. The maximum Gasteiger partial charge on any atom is 0.320 e. The van der Waals surface area contributed by atoms with E-state index in [9.17, 15) is 9.59 Å². The number of methoxy groups -OCH3 is 1. The molecule has 1 aromatic rings. The number of pyridine rings is 1.